The van der Waals surface area contributed by atoms with Crippen molar-refractivity contribution >= 4 is 0 Å². The van der Waals surface area contributed by atoms with Gasteiger partial charge in [-0.05, 0) is 17.7 Å². The highest BCUT2D eigenvalue weighted by Gasteiger charge is 2.26. The van der Waals surface area contributed by atoms with Crippen LogP contribution < -0.4 is 0 Å². The van der Waals surface area contributed by atoms with Crippen molar-refractivity contribution in [2.45, 2.75) is 6.17 Å². The quantitative estimate of drug-likeness (QED) is 0.499. The molecule has 2 bridgehead atoms. The van der Waals surface area contributed by atoms with Gasteiger partial charge >= 0.3 is 0 Å². The van der Waals surface area contributed by atoms with Crippen molar-refractivity contribution in [1.29, 1.82) is 0 Å². The van der Waals surface area contributed by atoms with E-state index in [0.29, 0.717) is 5.56 Å². The van der Waals surface area contributed by atoms with Crippen molar-refractivity contribution in [3.05, 3.63) is 35.1 Å². The molecule has 0 nitrogen and oxygen atoms in total. The highest BCUT2D eigenvalue weighted by Crippen LogP contribution is 2.37. The Morgan fingerprint density at radius 3 is 2.44 bits per heavy atom. The largest absolute Gasteiger partial charge is 0.237 e. The van der Waals surface area contributed by atoms with Gasteiger partial charge in [0, 0.05) is 5.56 Å². The third-order valence-corrected chi connectivity index (χ3v) is 1.59. The third kappa shape index (κ3) is 0.453. The van der Waals surface area contributed by atoms with Crippen LogP contribution in [0.15, 0.2) is 18.2 Å². The summed E-state index contributed by atoms with van der Waals surface area (Å²) < 4.78 is 24.8. The van der Waals surface area contributed by atoms with E-state index >= 15 is 0 Å². The summed E-state index contributed by atoms with van der Waals surface area (Å²) in [6.45, 7) is 0. The van der Waals surface area contributed by atoms with Crippen LogP contribution in [0.5, 0.6) is 0 Å². The first-order valence-electron chi connectivity index (χ1n) is 2.72. The summed E-state index contributed by atoms with van der Waals surface area (Å²) in [4.78, 5) is 0. The van der Waals surface area contributed by atoms with Gasteiger partial charge in [-0.2, -0.15) is 0 Å². The fourth-order valence-corrected chi connectivity index (χ4v) is 0.997. The van der Waals surface area contributed by atoms with Gasteiger partial charge in [0.25, 0.3) is 0 Å². The van der Waals surface area contributed by atoms with Gasteiger partial charge in [-0.25, -0.2) is 8.78 Å². The molecule has 0 amide bonds. The van der Waals surface area contributed by atoms with E-state index in [1.54, 1.807) is 0 Å². The van der Waals surface area contributed by atoms with E-state index in [4.69, 9.17) is 0 Å². The molecule has 0 radical (unpaired) electrons. The fourth-order valence-electron chi connectivity index (χ4n) is 0.997. The molecule has 9 heavy (non-hydrogen) atoms. The fraction of sp³-hybridized carbons (Fsp3) is 0.143. The zero-order chi connectivity index (χ0) is 6.43. The standard InChI is InChI=1S/C7H4F2/c8-6-2-1-4-3-5(6)7(4)9/h1-3,7H. The average Bonchev–Trinajstić information content (AvgIpc) is 1.86. The number of alkyl halides is 1. The molecule has 0 N–H and O–H groups in total. The molecular formula is C7H4F2. The van der Waals surface area contributed by atoms with Crippen LogP contribution >= 0.6 is 0 Å². The maximum absolute atomic E-state index is 12.5. The number of fused-ring (bicyclic) bond motifs is 2. The van der Waals surface area contributed by atoms with E-state index in [2.05, 4.69) is 0 Å². The number of rotatable bonds is 0. The van der Waals surface area contributed by atoms with Crippen LogP contribution in [0.2, 0.25) is 0 Å². The van der Waals surface area contributed by atoms with E-state index in [9.17, 15) is 8.78 Å². The first-order chi connectivity index (χ1) is 4.29. The molecule has 0 fully saturated rings. The minimum absolute atomic E-state index is 0.201. The maximum atomic E-state index is 12.5. The second kappa shape index (κ2) is 1.32. The first kappa shape index (κ1) is 4.91. The number of hydrogen-bond acceptors (Lipinski definition) is 0. The number of halogens is 2. The predicted molar refractivity (Wildman–Crippen MR) is 29.4 cm³/mol. The predicted octanol–water partition coefficient (Wildman–Crippen LogP) is 2.20. The molecule has 1 aromatic rings. The molecule has 1 unspecified atom stereocenters. The Kier molecular flexibility index (Phi) is 0.721. The van der Waals surface area contributed by atoms with Crippen molar-refractivity contribution < 1.29 is 8.78 Å². The zero-order valence-electron chi connectivity index (χ0n) is 4.57. The Bertz CT molecular complexity index is 251. The Morgan fingerprint density at radius 1 is 1.33 bits per heavy atom. The van der Waals surface area contributed by atoms with Gasteiger partial charge < -0.3 is 0 Å². The van der Waals surface area contributed by atoms with Crippen LogP contribution in [0.25, 0.3) is 0 Å². The van der Waals surface area contributed by atoms with Crippen LogP contribution in [0, 0.1) is 5.82 Å². The van der Waals surface area contributed by atoms with E-state index in [-0.39, 0.29) is 5.56 Å². The Balaban J connectivity index is 2.65. The Hall–Kier alpha value is -0.920. The topological polar surface area (TPSA) is 0 Å². The minimum Gasteiger partial charge on any atom is -0.237 e. The van der Waals surface area contributed by atoms with Crippen molar-refractivity contribution in [1.82, 2.24) is 0 Å². The van der Waals surface area contributed by atoms with Crippen molar-refractivity contribution in [3.63, 3.8) is 0 Å². The molecule has 0 heterocycles. The lowest BCUT2D eigenvalue weighted by atomic mass is 9.91. The van der Waals surface area contributed by atoms with Gasteiger partial charge in [-0.15, -0.1) is 0 Å². The van der Waals surface area contributed by atoms with Crippen molar-refractivity contribution in [3.8, 4) is 0 Å². The lowest BCUT2D eigenvalue weighted by molar-refractivity contribution is 0.363. The molecule has 0 aliphatic heterocycles. The molecule has 0 saturated heterocycles. The van der Waals surface area contributed by atoms with E-state index in [1.165, 1.54) is 18.2 Å². The number of benzene rings is 1. The summed E-state index contributed by atoms with van der Waals surface area (Å²) in [5.74, 6) is -0.433. The highest BCUT2D eigenvalue weighted by molar-refractivity contribution is 5.42. The van der Waals surface area contributed by atoms with E-state index < -0.39 is 12.0 Å². The summed E-state index contributed by atoms with van der Waals surface area (Å²) in [5.41, 5.74) is 0.791. The molecule has 2 aliphatic rings. The summed E-state index contributed by atoms with van der Waals surface area (Å²) in [6.07, 6.45) is -1.14. The summed E-state index contributed by atoms with van der Waals surface area (Å²) in [7, 11) is 0. The van der Waals surface area contributed by atoms with E-state index in [0.717, 1.165) is 0 Å². The van der Waals surface area contributed by atoms with Crippen molar-refractivity contribution in [2.24, 2.45) is 0 Å². The number of hydrogen-bond donors (Lipinski definition) is 0. The summed E-state index contributed by atoms with van der Waals surface area (Å²) in [5, 5.41) is 0. The van der Waals surface area contributed by atoms with Gasteiger partial charge in [-0.3, -0.25) is 0 Å². The molecule has 0 aromatic heterocycles. The second-order valence-corrected chi connectivity index (χ2v) is 2.14. The van der Waals surface area contributed by atoms with Gasteiger partial charge in [0.05, 0.1) is 0 Å². The minimum atomic E-state index is -1.14. The normalized spacial score (nSPS) is 21.3. The van der Waals surface area contributed by atoms with Crippen LogP contribution in [0.1, 0.15) is 17.3 Å². The van der Waals surface area contributed by atoms with Crippen LogP contribution in [0.3, 0.4) is 0 Å². The van der Waals surface area contributed by atoms with Gasteiger partial charge in [0.2, 0.25) is 0 Å². The van der Waals surface area contributed by atoms with Gasteiger partial charge in [-0.1, -0.05) is 6.07 Å². The molecule has 1 atom stereocenters. The maximum Gasteiger partial charge on any atom is 0.153 e. The summed E-state index contributed by atoms with van der Waals surface area (Å²) in [6, 6.07) is 4.29. The zero-order valence-corrected chi connectivity index (χ0v) is 4.57. The molecule has 1 aromatic carbocycles. The van der Waals surface area contributed by atoms with Crippen LogP contribution in [-0.4, -0.2) is 0 Å². The average molecular weight is 126 g/mol. The molecule has 2 aliphatic carbocycles. The first-order valence-corrected chi connectivity index (χ1v) is 2.72. The smallest absolute Gasteiger partial charge is 0.153 e. The van der Waals surface area contributed by atoms with Gasteiger partial charge in [0.15, 0.2) is 6.17 Å². The summed E-state index contributed by atoms with van der Waals surface area (Å²) >= 11 is 0. The monoisotopic (exact) mass is 126 g/mol. The van der Waals surface area contributed by atoms with Crippen molar-refractivity contribution in [2.75, 3.05) is 0 Å². The Labute approximate surface area is 51.1 Å². The third-order valence-electron chi connectivity index (χ3n) is 1.59. The Morgan fingerprint density at radius 2 is 2.11 bits per heavy atom. The molecule has 2 heteroatoms. The van der Waals surface area contributed by atoms with Gasteiger partial charge in [0.1, 0.15) is 5.82 Å². The van der Waals surface area contributed by atoms with Crippen LogP contribution in [0.4, 0.5) is 8.78 Å². The SMILES string of the molecule is Fc1ccc2cc1C2F. The van der Waals surface area contributed by atoms with Crippen LogP contribution in [-0.2, 0) is 0 Å². The molecule has 3 rings (SSSR count). The van der Waals surface area contributed by atoms with E-state index in [1.807, 2.05) is 0 Å². The lowest BCUT2D eigenvalue weighted by Crippen LogP contribution is -2.08. The lowest BCUT2D eigenvalue weighted by Gasteiger charge is -2.19. The molecule has 0 spiro atoms. The molecule has 0 saturated carbocycles. The highest BCUT2D eigenvalue weighted by atomic mass is 19.1. The molecule has 46 valence electrons. The second-order valence-electron chi connectivity index (χ2n) is 2.14. The molecular weight excluding hydrogens is 122 g/mol.